The molecular weight excluding hydrogens is 272 g/mol. The summed E-state index contributed by atoms with van der Waals surface area (Å²) in [6.45, 7) is 0.460. The average Bonchev–Trinajstić information content (AvgIpc) is 2.48. The maximum Gasteiger partial charge on any atom is 0.319 e. The van der Waals surface area contributed by atoms with Crippen molar-refractivity contribution in [3.8, 4) is 0 Å². The fraction of sp³-hybridized carbons (Fsp3) is 0.0625. The molecule has 0 aliphatic rings. The van der Waals surface area contributed by atoms with Crippen LogP contribution < -0.4 is 10.6 Å². The van der Waals surface area contributed by atoms with Gasteiger partial charge in [-0.3, -0.25) is 0 Å². The Balaban J connectivity index is 1.76. The van der Waals surface area contributed by atoms with Gasteiger partial charge in [-0.15, -0.1) is 0 Å². The lowest BCUT2D eigenvalue weighted by Gasteiger charge is -2.04. The van der Waals surface area contributed by atoms with Crippen molar-refractivity contribution in [2.45, 2.75) is 6.54 Å². The molecule has 0 saturated carbocycles. The number of nitrogens with one attached hydrogen (secondary N) is 2. The van der Waals surface area contributed by atoms with Gasteiger partial charge in [0.2, 0.25) is 0 Å². The summed E-state index contributed by atoms with van der Waals surface area (Å²) in [6.07, 6.45) is 3.45. The summed E-state index contributed by atoms with van der Waals surface area (Å²) in [7, 11) is 0. The largest absolute Gasteiger partial charge is 0.334 e. The van der Waals surface area contributed by atoms with Gasteiger partial charge in [0.1, 0.15) is 0 Å². The van der Waals surface area contributed by atoms with Crippen LogP contribution in [-0.2, 0) is 6.54 Å². The third-order valence-electron chi connectivity index (χ3n) is 2.66. The number of rotatable bonds is 4. The molecule has 0 fully saturated rings. The van der Waals surface area contributed by atoms with Crippen molar-refractivity contribution in [1.82, 2.24) is 10.6 Å². The second kappa shape index (κ2) is 7.36. The van der Waals surface area contributed by atoms with Crippen LogP contribution in [0.3, 0.4) is 0 Å². The predicted octanol–water partition coefficient (Wildman–Crippen LogP) is 3.81. The first-order valence-corrected chi connectivity index (χ1v) is 6.62. The van der Waals surface area contributed by atoms with Crippen LogP contribution >= 0.6 is 11.6 Å². The molecule has 0 aliphatic carbocycles. The number of carbonyl (C=O) groups is 1. The SMILES string of the molecule is O=C(N/C=C/c1ccccc1)NCc1ccc(Cl)cc1. The van der Waals surface area contributed by atoms with E-state index in [1.54, 1.807) is 18.3 Å². The van der Waals surface area contributed by atoms with Crippen LogP contribution in [0.4, 0.5) is 4.79 Å². The van der Waals surface area contributed by atoms with Gasteiger partial charge < -0.3 is 10.6 Å². The molecule has 0 aliphatic heterocycles. The highest BCUT2D eigenvalue weighted by Gasteiger charge is 1.97. The van der Waals surface area contributed by atoms with Crippen molar-refractivity contribution in [1.29, 1.82) is 0 Å². The lowest BCUT2D eigenvalue weighted by molar-refractivity contribution is 0.244. The number of halogens is 1. The summed E-state index contributed by atoms with van der Waals surface area (Å²) in [4.78, 5) is 11.6. The number of urea groups is 1. The summed E-state index contributed by atoms with van der Waals surface area (Å²) in [5.41, 5.74) is 2.03. The van der Waals surface area contributed by atoms with Gasteiger partial charge in [0, 0.05) is 17.8 Å². The summed E-state index contributed by atoms with van der Waals surface area (Å²) < 4.78 is 0. The van der Waals surface area contributed by atoms with E-state index in [0.29, 0.717) is 11.6 Å². The van der Waals surface area contributed by atoms with Crippen molar-refractivity contribution in [3.05, 3.63) is 76.9 Å². The van der Waals surface area contributed by atoms with E-state index in [2.05, 4.69) is 10.6 Å². The summed E-state index contributed by atoms with van der Waals surface area (Å²) in [6, 6.07) is 16.9. The van der Waals surface area contributed by atoms with Crippen LogP contribution in [-0.4, -0.2) is 6.03 Å². The molecule has 0 heterocycles. The Bertz CT molecular complexity index is 579. The Morgan fingerprint density at radius 3 is 2.45 bits per heavy atom. The number of hydrogen-bond donors (Lipinski definition) is 2. The normalized spacial score (nSPS) is 10.4. The third-order valence-corrected chi connectivity index (χ3v) is 2.91. The first-order valence-electron chi connectivity index (χ1n) is 6.24. The fourth-order valence-corrected chi connectivity index (χ4v) is 1.74. The van der Waals surface area contributed by atoms with Crippen LogP contribution in [0.5, 0.6) is 0 Å². The molecule has 0 aromatic heterocycles. The molecular formula is C16H15ClN2O. The van der Waals surface area contributed by atoms with E-state index in [-0.39, 0.29) is 6.03 Å². The second-order valence-corrected chi connectivity index (χ2v) is 4.63. The van der Waals surface area contributed by atoms with Gasteiger partial charge >= 0.3 is 6.03 Å². The van der Waals surface area contributed by atoms with Gasteiger partial charge in [0.25, 0.3) is 0 Å². The Labute approximate surface area is 123 Å². The molecule has 3 nitrogen and oxygen atoms in total. The first-order chi connectivity index (χ1) is 9.74. The zero-order valence-electron chi connectivity index (χ0n) is 10.8. The first kappa shape index (κ1) is 14.2. The summed E-state index contributed by atoms with van der Waals surface area (Å²) in [5.74, 6) is 0. The summed E-state index contributed by atoms with van der Waals surface area (Å²) in [5, 5.41) is 6.10. The topological polar surface area (TPSA) is 41.1 Å². The molecule has 0 unspecified atom stereocenters. The highest BCUT2D eigenvalue weighted by molar-refractivity contribution is 6.30. The maximum atomic E-state index is 11.6. The molecule has 2 N–H and O–H groups in total. The monoisotopic (exact) mass is 286 g/mol. The smallest absolute Gasteiger partial charge is 0.319 e. The van der Waals surface area contributed by atoms with E-state index < -0.39 is 0 Å². The van der Waals surface area contributed by atoms with Crippen LogP contribution in [0, 0.1) is 0 Å². The quantitative estimate of drug-likeness (QED) is 0.882. The molecule has 0 radical (unpaired) electrons. The Hall–Kier alpha value is -2.26. The van der Waals surface area contributed by atoms with E-state index >= 15 is 0 Å². The molecule has 2 aromatic carbocycles. The second-order valence-electron chi connectivity index (χ2n) is 4.20. The molecule has 2 amide bonds. The zero-order valence-corrected chi connectivity index (χ0v) is 11.6. The molecule has 2 aromatic rings. The minimum atomic E-state index is -0.243. The van der Waals surface area contributed by atoms with Gasteiger partial charge in [0.15, 0.2) is 0 Å². The van der Waals surface area contributed by atoms with Crippen LogP contribution in [0.25, 0.3) is 6.08 Å². The molecule has 20 heavy (non-hydrogen) atoms. The highest BCUT2D eigenvalue weighted by atomic mass is 35.5. The molecule has 0 atom stereocenters. The number of hydrogen-bond acceptors (Lipinski definition) is 1. The molecule has 4 heteroatoms. The highest BCUT2D eigenvalue weighted by Crippen LogP contribution is 2.08. The van der Waals surface area contributed by atoms with E-state index in [0.717, 1.165) is 11.1 Å². The third kappa shape index (κ3) is 4.78. The average molecular weight is 287 g/mol. The predicted molar refractivity (Wildman–Crippen MR) is 82.3 cm³/mol. The molecule has 0 bridgehead atoms. The van der Waals surface area contributed by atoms with Gasteiger partial charge in [-0.2, -0.15) is 0 Å². The minimum Gasteiger partial charge on any atom is -0.334 e. The lowest BCUT2D eigenvalue weighted by Crippen LogP contribution is -2.31. The number of carbonyl (C=O) groups excluding carboxylic acids is 1. The van der Waals surface area contributed by atoms with Gasteiger partial charge in [-0.1, -0.05) is 54.1 Å². The van der Waals surface area contributed by atoms with E-state index in [4.69, 9.17) is 11.6 Å². The van der Waals surface area contributed by atoms with Gasteiger partial charge in [0.05, 0.1) is 0 Å². The van der Waals surface area contributed by atoms with E-state index in [9.17, 15) is 4.79 Å². The van der Waals surface area contributed by atoms with Crippen LogP contribution in [0.1, 0.15) is 11.1 Å². The van der Waals surface area contributed by atoms with Crippen molar-refractivity contribution >= 4 is 23.7 Å². The Kier molecular flexibility index (Phi) is 5.21. The Morgan fingerprint density at radius 1 is 1.05 bits per heavy atom. The Morgan fingerprint density at radius 2 is 1.75 bits per heavy atom. The maximum absolute atomic E-state index is 11.6. The zero-order chi connectivity index (χ0) is 14.2. The number of benzene rings is 2. The van der Waals surface area contributed by atoms with Crippen LogP contribution in [0.15, 0.2) is 60.8 Å². The van der Waals surface area contributed by atoms with Crippen molar-refractivity contribution < 1.29 is 4.79 Å². The molecule has 102 valence electrons. The van der Waals surface area contributed by atoms with E-state index in [1.165, 1.54) is 0 Å². The summed E-state index contributed by atoms with van der Waals surface area (Å²) >= 11 is 5.79. The minimum absolute atomic E-state index is 0.243. The lowest BCUT2D eigenvalue weighted by atomic mass is 10.2. The van der Waals surface area contributed by atoms with Crippen molar-refractivity contribution in [3.63, 3.8) is 0 Å². The van der Waals surface area contributed by atoms with E-state index in [1.807, 2.05) is 48.5 Å². The van der Waals surface area contributed by atoms with Crippen molar-refractivity contribution in [2.24, 2.45) is 0 Å². The van der Waals surface area contributed by atoms with Gasteiger partial charge in [-0.25, -0.2) is 4.79 Å². The molecule has 0 saturated heterocycles. The number of amides is 2. The van der Waals surface area contributed by atoms with Crippen LogP contribution in [0.2, 0.25) is 5.02 Å². The van der Waals surface area contributed by atoms with Gasteiger partial charge in [-0.05, 0) is 29.3 Å². The molecule has 0 spiro atoms. The fourth-order valence-electron chi connectivity index (χ4n) is 1.61. The molecule has 2 rings (SSSR count). The van der Waals surface area contributed by atoms with Crippen molar-refractivity contribution in [2.75, 3.05) is 0 Å². The standard InChI is InChI=1S/C16H15ClN2O/c17-15-8-6-14(7-9-15)12-19-16(20)18-11-10-13-4-2-1-3-5-13/h1-11H,12H2,(H2,18,19,20)/b11-10+.